The van der Waals surface area contributed by atoms with Crippen molar-refractivity contribution in [2.75, 3.05) is 13.2 Å². The number of hydrogen-bond donors (Lipinski definition) is 2. The number of Topliss-reactive ketones (excluding diaryl/α,β-unsaturated/α-hetero) is 1. The summed E-state index contributed by atoms with van der Waals surface area (Å²) in [6.07, 6.45) is 1.45. The van der Waals surface area contributed by atoms with Gasteiger partial charge in [-0.2, -0.15) is 0 Å². The highest BCUT2D eigenvalue weighted by atomic mass is 16.5. The molecule has 0 aliphatic carbocycles. The lowest BCUT2D eigenvalue weighted by atomic mass is 10.1. The van der Waals surface area contributed by atoms with Crippen molar-refractivity contribution in [3.63, 3.8) is 0 Å². The summed E-state index contributed by atoms with van der Waals surface area (Å²) < 4.78 is 10.1. The third-order valence-electron chi connectivity index (χ3n) is 4.11. The fraction of sp³-hybridized carbons (Fsp3) is 0.273. The predicted molar refractivity (Wildman–Crippen MR) is 110 cm³/mol. The van der Waals surface area contributed by atoms with Crippen LogP contribution in [0.15, 0.2) is 36.0 Å². The summed E-state index contributed by atoms with van der Waals surface area (Å²) in [5.74, 6) is -2.51. The number of aryl methyl sites for hydroxylation is 2. The number of amides is 1. The second kappa shape index (κ2) is 10.2. The molecule has 2 aromatic rings. The van der Waals surface area contributed by atoms with Crippen molar-refractivity contribution in [2.45, 2.75) is 27.7 Å². The Hall–Kier alpha value is -3.68. The van der Waals surface area contributed by atoms with Crippen molar-refractivity contribution in [3.8, 4) is 0 Å². The van der Waals surface area contributed by atoms with Crippen molar-refractivity contribution >= 4 is 29.7 Å². The number of benzene rings is 1. The minimum absolute atomic E-state index is 0.103. The van der Waals surface area contributed by atoms with Gasteiger partial charge in [-0.25, -0.2) is 9.59 Å². The number of carbonyl (C=O) groups is 4. The van der Waals surface area contributed by atoms with Crippen molar-refractivity contribution in [3.05, 3.63) is 64.1 Å². The first-order valence-electron chi connectivity index (χ1n) is 9.35. The van der Waals surface area contributed by atoms with Crippen molar-refractivity contribution in [1.29, 1.82) is 0 Å². The average Bonchev–Trinajstić information content (AvgIpc) is 3.00. The zero-order chi connectivity index (χ0) is 22.3. The molecule has 1 amide bonds. The second-order valence-corrected chi connectivity index (χ2v) is 6.49. The minimum atomic E-state index is -0.870. The molecule has 0 radical (unpaired) electrons. The van der Waals surface area contributed by atoms with Gasteiger partial charge in [-0.05, 0) is 32.4 Å². The van der Waals surface area contributed by atoms with Gasteiger partial charge >= 0.3 is 11.9 Å². The van der Waals surface area contributed by atoms with E-state index in [1.165, 1.54) is 13.0 Å². The third-order valence-corrected chi connectivity index (χ3v) is 4.11. The maximum Gasteiger partial charge on any atom is 0.355 e. The number of rotatable bonds is 8. The molecular formula is C22H24N2O6. The van der Waals surface area contributed by atoms with E-state index in [1.54, 1.807) is 45.0 Å². The summed E-state index contributed by atoms with van der Waals surface area (Å²) in [5, 5.41) is 2.41. The number of ether oxygens (including phenoxy) is 2. The molecule has 2 rings (SSSR count). The number of hydrogen-bond acceptors (Lipinski definition) is 6. The molecule has 8 heteroatoms. The standard InChI is InChI=1S/C22H24N2O6/c1-5-29-22(28)20-14(3)23-13(2)19(20)18(26)12-30-21(27)17(24-15(4)25)11-16-9-7-6-8-10-16/h6-11,23H,5,12H2,1-4H3,(H,24,25)/b17-11+. The fourth-order valence-electron chi connectivity index (χ4n) is 2.92. The van der Waals surface area contributed by atoms with Gasteiger partial charge in [-0.3, -0.25) is 9.59 Å². The van der Waals surface area contributed by atoms with E-state index in [1.807, 2.05) is 6.07 Å². The van der Waals surface area contributed by atoms with Crippen molar-refractivity contribution in [2.24, 2.45) is 0 Å². The van der Waals surface area contributed by atoms with Gasteiger partial charge < -0.3 is 19.8 Å². The van der Waals surface area contributed by atoms with Gasteiger partial charge in [0, 0.05) is 18.3 Å². The number of aromatic amines is 1. The van der Waals surface area contributed by atoms with E-state index in [2.05, 4.69) is 10.3 Å². The van der Waals surface area contributed by atoms with Crippen LogP contribution < -0.4 is 5.32 Å². The number of nitrogens with one attached hydrogen (secondary N) is 2. The Morgan fingerprint density at radius 3 is 2.23 bits per heavy atom. The molecule has 8 nitrogen and oxygen atoms in total. The molecular weight excluding hydrogens is 388 g/mol. The third kappa shape index (κ3) is 5.66. The van der Waals surface area contributed by atoms with Crippen LogP contribution in [0.25, 0.3) is 6.08 Å². The van der Waals surface area contributed by atoms with Crippen LogP contribution in [0.3, 0.4) is 0 Å². The van der Waals surface area contributed by atoms with Crippen LogP contribution in [0, 0.1) is 13.8 Å². The van der Waals surface area contributed by atoms with Gasteiger partial charge in [0.05, 0.1) is 17.7 Å². The van der Waals surface area contributed by atoms with E-state index in [9.17, 15) is 19.2 Å². The minimum Gasteiger partial charge on any atom is -0.462 e. The van der Waals surface area contributed by atoms with Crippen LogP contribution in [0.2, 0.25) is 0 Å². The van der Waals surface area contributed by atoms with Crippen LogP contribution in [-0.2, 0) is 19.1 Å². The van der Waals surface area contributed by atoms with E-state index in [-0.39, 0.29) is 23.4 Å². The number of esters is 2. The molecule has 0 saturated carbocycles. The molecule has 0 spiro atoms. The lowest BCUT2D eigenvalue weighted by Gasteiger charge is -2.10. The van der Waals surface area contributed by atoms with Gasteiger partial charge in [0.2, 0.25) is 11.7 Å². The van der Waals surface area contributed by atoms with E-state index >= 15 is 0 Å². The van der Waals surface area contributed by atoms with Gasteiger partial charge in [-0.15, -0.1) is 0 Å². The van der Waals surface area contributed by atoms with Crippen LogP contribution in [-0.4, -0.2) is 41.8 Å². The Morgan fingerprint density at radius 2 is 1.63 bits per heavy atom. The van der Waals surface area contributed by atoms with E-state index in [4.69, 9.17) is 9.47 Å². The molecule has 0 aliphatic heterocycles. The Labute approximate surface area is 174 Å². The highest BCUT2D eigenvalue weighted by Gasteiger charge is 2.26. The maximum absolute atomic E-state index is 12.7. The van der Waals surface area contributed by atoms with Gasteiger partial charge in [-0.1, -0.05) is 30.3 Å². The molecule has 0 fully saturated rings. The van der Waals surface area contributed by atoms with E-state index < -0.39 is 30.2 Å². The summed E-state index contributed by atoms with van der Waals surface area (Å²) in [4.78, 5) is 51.8. The van der Waals surface area contributed by atoms with Crippen LogP contribution in [0.4, 0.5) is 0 Å². The average molecular weight is 412 g/mol. The molecule has 2 N–H and O–H groups in total. The van der Waals surface area contributed by atoms with Crippen LogP contribution in [0.1, 0.15) is 51.5 Å². The van der Waals surface area contributed by atoms with Gasteiger partial charge in [0.25, 0.3) is 0 Å². The monoisotopic (exact) mass is 412 g/mol. The SMILES string of the molecule is CCOC(=O)c1c(C)[nH]c(C)c1C(=O)COC(=O)/C(=C\c1ccccc1)NC(C)=O. The topological polar surface area (TPSA) is 115 Å². The molecule has 0 bridgehead atoms. The molecule has 30 heavy (non-hydrogen) atoms. The second-order valence-electron chi connectivity index (χ2n) is 6.49. The first-order valence-corrected chi connectivity index (χ1v) is 9.35. The molecule has 0 aliphatic rings. The molecule has 0 atom stereocenters. The molecule has 0 unspecified atom stereocenters. The van der Waals surface area contributed by atoms with E-state index in [0.29, 0.717) is 17.0 Å². The molecule has 1 heterocycles. The first kappa shape index (κ1) is 22.6. The Morgan fingerprint density at radius 1 is 1.00 bits per heavy atom. The molecule has 0 saturated heterocycles. The normalized spacial score (nSPS) is 11.0. The number of carbonyl (C=O) groups excluding carboxylic acids is 4. The Bertz CT molecular complexity index is 989. The Kier molecular flexibility index (Phi) is 7.69. The van der Waals surface area contributed by atoms with Crippen LogP contribution in [0.5, 0.6) is 0 Å². The summed E-state index contributed by atoms with van der Waals surface area (Å²) >= 11 is 0. The van der Waals surface area contributed by atoms with Gasteiger partial charge in [0.1, 0.15) is 5.70 Å². The largest absolute Gasteiger partial charge is 0.462 e. The van der Waals surface area contributed by atoms with Crippen molar-refractivity contribution in [1.82, 2.24) is 10.3 Å². The van der Waals surface area contributed by atoms with E-state index in [0.717, 1.165) is 0 Å². The fourth-order valence-corrected chi connectivity index (χ4v) is 2.92. The summed E-state index contributed by atoms with van der Waals surface area (Å²) in [6.45, 7) is 5.78. The zero-order valence-electron chi connectivity index (χ0n) is 17.3. The summed E-state index contributed by atoms with van der Waals surface area (Å²) in [7, 11) is 0. The Balaban J connectivity index is 2.20. The highest BCUT2D eigenvalue weighted by molar-refractivity contribution is 6.09. The van der Waals surface area contributed by atoms with Crippen molar-refractivity contribution < 1.29 is 28.7 Å². The lowest BCUT2D eigenvalue weighted by molar-refractivity contribution is -0.139. The number of aromatic nitrogens is 1. The molecule has 1 aromatic carbocycles. The van der Waals surface area contributed by atoms with Gasteiger partial charge in [0.15, 0.2) is 6.61 Å². The first-order chi connectivity index (χ1) is 14.2. The lowest BCUT2D eigenvalue weighted by Crippen LogP contribution is -2.28. The molecule has 1 aromatic heterocycles. The zero-order valence-corrected chi connectivity index (χ0v) is 17.3. The highest BCUT2D eigenvalue weighted by Crippen LogP contribution is 2.20. The number of H-pyrrole nitrogens is 1. The predicted octanol–water partition coefficient (Wildman–Crippen LogP) is 2.71. The summed E-state index contributed by atoms with van der Waals surface area (Å²) in [6, 6.07) is 8.87. The quantitative estimate of drug-likeness (QED) is 0.391. The number of ketones is 1. The molecule has 158 valence electrons. The maximum atomic E-state index is 12.7. The summed E-state index contributed by atoms with van der Waals surface area (Å²) in [5.41, 5.74) is 1.77. The van der Waals surface area contributed by atoms with Crippen LogP contribution >= 0.6 is 0 Å². The smallest absolute Gasteiger partial charge is 0.355 e.